The van der Waals surface area contributed by atoms with Crippen LogP contribution in [0.1, 0.15) is 52.3 Å². The number of aryl methyl sites for hydroxylation is 1. The lowest BCUT2D eigenvalue weighted by molar-refractivity contribution is -0.151. The van der Waals surface area contributed by atoms with E-state index >= 15 is 0 Å². The summed E-state index contributed by atoms with van der Waals surface area (Å²) in [5.74, 6) is 0.999. The van der Waals surface area contributed by atoms with Crippen LogP contribution >= 0.6 is 0 Å². The molecule has 0 amide bonds. The fourth-order valence-corrected chi connectivity index (χ4v) is 4.41. The number of ether oxygens (including phenoxy) is 1. The molecule has 146 valence electrons. The Morgan fingerprint density at radius 1 is 1.46 bits per heavy atom. The van der Waals surface area contributed by atoms with Gasteiger partial charge in [0.1, 0.15) is 5.82 Å². The molecule has 1 aromatic heterocycles. The fraction of sp³-hybridized carbons (Fsp3) is 0.800. The van der Waals surface area contributed by atoms with Crippen molar-refractivity contribution >= 4 is 5.97 Å². The summed E-state index contributed by atoms with van der Waals surface area (Å²) in [5, 5.41) is 3.49. The van der Waals surface area contributed by atoms with Gasteiger partial charge in [-0.1, -0.05) is 0 Å². The topological polar surface area (TPSA) is 59.4 Å². The Morgan fingerprint density at radius 3 is 2.85 bits per heavy atom. The Morgan fingerprint density at radius 2 is 2.19 bits per heavy atom. The number of rotatable bonds is 8. The van der Waals surface area contributed by atoms with Crippen LogP contribution in [0.15, 0.2) is 12.4 Å². The second-order valence-electron chi connectivity index (χ2n) is 8.56. The normalized spacial score (nSPS) is 22.0. The van der Waals surface area contributed by atoms with E-state index in [0.717, 1.165) is 45.0 Å². The van der Waals surface area contributed by atoms with Gasteiger partial charge in [0.05, 0.1) is 19.1 Å². The molecule has 2 heterocycles. The largest absolute Gasteiger partial charge is 0.469 e. The van der Waals surface area contributed by atoms with Gasteiger partial charge in [-0.15, -0.1) is 0 Å². The Hall–Kier alpha value is -1.40. The zero-order chi connectivity index (χ0) is 18.8. The summed E-state index contributed by atoms with van der Waals surface area (Å²) in [6.45, 7) is 11.1. The first-order valence-electron chi connectivity index (χ1n) is 9.95. The van der Waals surface area contributed by atoms with E-state index < -0.39 is 5.41 Å². The predicted octanol–water partition coefficient (Wildman–Crippen LogP) is 2.44. The number of carbonyl (C=O) groups excluding carboxylic acids is 1. The highest BCUT2D eigenvalue weighted by atomic mass is 16.5. The standard InChI is InChI=1S/C20H34N4O2/c1-5-23-13-11-22-17(23)15-24(12-8-19(2,3)18(25)26-4)16-14-20(16)6-9-21-10-7-20/h11,13,16,21H,5-10,12,14-15H2,1-4H3. The Kier molecular flexibility index (Phi) is 5.72. The van der Waals surface area contributed by atoms with Gasteiger partial charge in [-0.05, 0) is 65.0 Å². The molecule has 1 unspecified atom stereocenters. The molecule has 3 rings (SSSR count). The maximum Gasteiger partial charge on any atom is 0.311 e. The van der Waals surface area contributed by atoms with E-state index in [1.807, 2.05) is 20.0 Å². The van der Waals surface area contributed by atoms with Crippen molar-refractivity contribution in [3.8, 4) is 0 Å². The molecule has 1 aliphatic heterocycles. The molecule has 6 nitrogen and oxygen atoms in total. The molecule has 0 radical (unpaired) electrons. The van der Waals surface area contributed by atoms with Gasteiger partial charge in [0.2, 0.25) is 0 Å². The summed E-state index contributed by atoms with van der Waals surface area (Å²) in [5.41, 5.74) is 0.0215. The van der Waals surface area contributed by atoms with E-state index in [1.54, 1.807) is 0 Å². The highest BCUT2D eigenvalue weighted by Gasteiger charge is 2.56. The molecule has 1 spiro atoms. The molecule has 1 N–H and O–H groups in total. The van der Waals surface area contributed by atoms with Gasteiger partial charge in [0, 0.05) is 31.5 Å². The third kappa shape index (κ3) is 3.96. The van der Waals surface area contributed by atoms with E-state index in [1.165, 1.54) is 26.4 Å². The van der Waals surface area contributed by atoms with Crippen molar-refractivity contribution in [1.82, 2.24) is 19.8 Å². The van der Waals surface area contributed by atoms with Crippen LogP contribution in [0.25, 0.3) is 0 Å². The van der Waals surface area contributed by atoms with E-state index in [4.69, 9.17) is 4.74 Å². The number of imidazole rings is 1. The number of nitrogens with one attached hydrogen (secondary N) is 1. The molecule has 1 aliphatic carbocycles. The lowest BCUT2D eigenvalue weighted by Gasteiger charge is -2.31. The van der Waals surface area contributed by atoms with Gasteiger partial charge in [-0.3, -0.25) is 9.69 Å². The van der Waals surface area contributed by atoms with Gasteiger partial charge >= 0.3 is 5.97 Å². The summed E-state index contributed by atoms with van der Waals surface area (Å²) < 4.78 is 7.21. The smallest absolute Gasteiger partial charge is 0.311 e. The van der Waals surface area contributed by atoms with Crippen LogP contribution in [0, 0.1) is 10.8 Å². The molecular weight excluding hydrogens is 328 g/mol. The van der Waals surface area contributed by atoms with Crippen LogP contribution in [-0.2, 0) is 22.6 Å². The van der Waals surface area contributed by atoms with E-state index in [2.05, 4.69) is 32.9 Å². The third-order valence-corrected chi connectivity index (χ3v) is 6.44. The van der Waals surface area contributed by atoms with Crippen LogP contribution in [0.3, 0.4) is 0 Å². The number of carbonyl (C=O) groups is 1. The first-order valence-corrected chi connectivity index (χ1v) is 9.95. The van der Waals surface area contributed by atoms with E-state index in [0.29, 0.717) is 11.5 Å². The molecule has 26 heavy (non-hydrogen) atoms. The maximum absolute atomic E-state index is 12.1. The summed E-state index contributed by atoms with van der Waals surface area (Å²) in [6.07, 6.45) is 8.55. The van der Waals surface area contributed by atoms with Gasteiger partial charge in [-0.25, -0.2) is 4.98 Å². The van der Waals surface area contributed by atoms with Gasteiger partial charge in [-0.2, -0.15) is 0 Å². The maximum atomic E-state index is 12.1. The number of aromatic nitrogens is 2. The molecule has 1 atom stereocenters. The zero-order valence-corrected chi connectivity index (χ0v) is 16.8. The Labute approximate surface area is 157 Å². The average Bonchev–Trinajstić information content (AvgIpc) is 3.13. The van der Waals surface area contributed by atoms with Crippen molar-refractivity contribution in [3.63, 3.8) is 0 Å². The number of piperidine rings is 1. The van der Waals surface area contributed by atoms with Crippen molar-refractivity contribution < 1.29 is 9.53 Å². The number of methoxy groups -OCH3 is 1. The van der Waals surface area contributed by atoms with Gasteiger partial charge < -0.3 is 14.6 Å². The highest BCUT2D eigenvalue weighted by Crippen LogP contribution is 2.56. The molecule has 0 bridgehead atoms. The van der Waals surface area contributed by atoms with Crippen molar-refractivity contribution in [2.75, 3.05) is 26.7 Å². The molecule has 2 fully saturated rings. The quantitative estimate of drug-likeness (QED) is 0.720. The number of nitrogens with zero attached hydrogens (tertiary/aromatic N) is 3. The summed E-state index contributed by atoms with van der Waals surface area (Å²) >= 11 is 0. The number of hydrogen-bond donors (Lipinski definition) is 1. The molecule has 1 saturated heterocycles. The number of esters is 1. The van der Waals surface area contributed by atoms with Crippen molar-refractivity contribution in [1.29, 1.82) is 0 Å². The fourth-order valence-electron chi connectivity index (χ4n) is 4.41. The minimum atomic E-state index is -0.455. The lowest BCUT2D eigenvalue weighted by atomic mass is 9.89. The van der Waals surface area contributed by atoms with Gasteiger partial charge in [0.15, 0.2) is 0 Å². The summed E-state index contributed by atoms with van der Waals surface area (Å²) in [4.78, 5) is 19.2. The van der Waals surface area contributed by atoms with Crippen LogP contribution in [0.4, 0.5) is 0 Å². The molecular formula is C20H34N4O2. The molecule has 1 saturated carbocycles. The number of hydrogen-bond acceptors (Lipinski definition) is 5. The van der Waals surface area contributed by atoms with Crippen molar-refractivity contribution in [2.45, 2.75) is 65.6 Å². The van der Waals surface area contributed by atoms with Crippen LogP contribution < -0.4 is 5.32 Å². The summed E-state index contributed by atoms with van der Waals surface area (Å²) in [7, 11) is 1.48. The summed E-state index contributed by atoms with van der Waals surface area (Å²) in [6, 6.07) is 0.611. The minimum Gasteiger partial charge on any atom is -0.469 e. The Balaban J connectivity index is 1.71. The van der Waals surface area contributed by atoms with E-state index in [-0.39, 0.29) is 5.97 Å². The lowest BCUT2D eigenvalue weighted by Crippen LogP contribution is -2.39. The zero-order valence-electron chi connectivity index (χ0n) is 16.8. The first-order chi connectivity index (χ1) is 12.4. The Bertz CT molecular complexity index is 619. The van der Waals surface area contributed by atoms with Crippen LogP contribution in [0.2, 0.25) is 0 Å². The highest BCUT2D eigenvalue weighted by molar-refractivity contribution is 5.75. The predicted molar refractivity (Wildman–Crippen MR) is 102 cm³/mol. The first kappa shape index (κ1) is 19.4. The third-order valence-electron chi connectivity index (χ3n) is 6.44. The monoisotopic (exact) mass is 362 g/mol. The minimum absolute atomic E-state index is 0.125. The molecule has 2 aliphatic rings. The molecule has 0 aromatic carbocycles. The molecule has 6 heteroatoms. The van der Waals surface area contributed by atoms with Crippen LogP contribution in [-0.4, -0.2) is 53.2 Å². The molecule has 1 aromatic rings. The average molecular weight is 363 g/mol. The van der Waals surface area contributed by atoms with Crippen molar-refractivity contribution in [3.05, 3.63) is 18.2 Å². The second-order valence-corrected chi connectivity index (χ2v) is 8.56. The second kappa shape index (κ2) is 7.69. The van der Waals surface area contributed by atoms with Gasteiger partial charge in [0.25, 0.3) is 0 Å². The van der Waals surface area contributed by atoms with E-state index in [9.17, 15) is 4.79 Å². The SMILES string of the molecule is CCn1ccnc1CN(CCC(C)(C)C(=O)OC)C1CC12CCNCC2. The van der Waals surface area contributed by atoms with Crippen molar-refractivity contribution in [2.24, 2.45) is 10.8 Å². The van der Waals surface area contributed by atoms with Crippen LogP contribution in [0.5, 0.6) is 0 Å².